The lowest BCUT2D eigenvalue weighted by molar-refractivity contribution is 0.330. The van der Waals surface area contributed by atoms with Gasteiger partial charge in [0.1, 0.15) is 12.3 Å². The molecule has 0 aliphatic heterocycles. The van der Waals surface area contributed by atoms with E-state index < -0.39 is 0 Å². The Morgan fingerprint density at radius 1 is 1.25 bits per heavy atom. The Kier molecular flexibility index (Phi) is 2.53. The molecule has 1 aromatic heterocycles. The van der Waals surface area contributed by atoms with E-state index >= 15 is 0 Å². The van der Waals surface area contributed by atoms with E-state index in [-0.39, 0.29) is 11.6 Å². The van der Waals surface area contributed by atoms with Gasteiger partial charge in [0, 0.05) is 0 Å². The van der Waals surface area contributed by atoms with Gasteiger partial charge in [0.2, 0.25) is 0 Å². The van der Waals surface area contributed by atoms with Gasteiger partial charge in [-0.05, 0) is 18.2 Å². The SMILES string of the molecule is N#Cc1ccc(Oc2ncco2)c(C#N)c1. The highest BCUT2D eigenvalue weighted by Gasteiger charge is 2.08. The first kappa shape index (κ1) is 9.75. The molecule has 1 heterocycles. The number of hydrogen-bond donors (Lipinski definition) is 0. The quantitative estimate of drug-likeness (QED) is 0.760. The molecule has 0 amide bonds. The summed E-state index contributed by atoms with van der Waals surface area (Å²) in [5.74, 6) is 0.309. The van der Waals surface area contributed by atoms with E-state index in [0.717, 1.165) is 0 Å². The average molecular weight is 211 g/mol. The zero-order chi connectivity index (χ0) is 11.4. The second-order valence-corrected chi connectivity index (χ2v) is 2.83. The van der Waals surface area contributed by atoms with Crippen LogP contribution in [0.1, 0.15) is 11.1 Å². The third-order valence-corrected chi connectivity index (χ3v) is 1.84. The van der Waals surface area contributed by atoms with Crippen LogP contribution < -0.4 is 4.74 Å². The maximum absolute atomic E-state index is 8.88. The fourth-order valence-corrected chi connectivity index (χ4v) is 1.13. The Hall–Kier alpha value is -2.79. The Labute approximate surface area is 91.1 Å². The Balaban J connectivity index is 2.36. The van der Waals surface area contributed by atoms with Crippen molar-refractivity contribution in [2.45, 2.75) is 0 Å². The number of aromatic nitrogens is 1. The van der Waals surface area contributed by atoms with Crippen molar-refractivity contribution >= 4 is 0 Å². The van der Waals surface area contributed by atoms with Crippen LogP contribution in [0.25, 0.3) is 0 Å². The van der Waals surface area contributed by atoms with Gasteiger partial charge in [-0.2, -0.15) is 15.5 Å². The molecule has 76 valence electrons. The summed E-state index contributed by atoms with van der Waals surface area (Å²) in [5, 5.41) is 17.6. The van der Waals surface area contributed by atoms with Crippen molar-refractivity contribution in [2.24, 2.45) is 0 Å². The van der Waals surface area contributed by atoms with E-state index in [2.05, 4.69) is 4.98 Å². The Bertz CT molecular complexity index is 576. The normalized spacial score (nSPS) is 9.12. The van der Waals surface area contributed by atoms with Crippen LogP contribution in [-0.2, 0) is 0 Å². The van der Waals surface area contributed by atoms with Crippen LogP contribution in [0.15, 0.2) is 35.1 Å². The van der Waals surface area contributed by atoms with Crippen molar-refractivity contribution in [3.05, 3.63) is 41.8 Å². The van der Waals surface area contributed by atoms with Gasteiger partial charge in [0.25, 0.3) is 0 Å². The molecule has 0 aliphatic carbocycles. The summed E-state index contributed by atoms with van der Waals surface area (Å²) in [6.45, 7) is 0. The van der Waals surface area contributed by atoms with Gasteiger partial charge in [-0.15, -0.1) is 0 Å². The van der Waals surface area contributed by atoms with Crippen molar-refractivity contribution in [1.82, 2.24) is 4.98 Å². The molecule has 0 atom stereocenters. The zero-order valence-electron chi connectivity index (χ0n) is 8.04. The third-order valence-electron chi connectivity index (χ3n) is 1.84. The van der Waals surface area contributed by atoms with E-state index in [1.807, 2.05) is 12.1 Å². The lowest BCUT2D eigenvalue weighted by atomic mass is 10.1. The highest BCUT2D eigenvalue weighted by molar-refractivity contribution is 5.49. The van der Waals surface area contributed by atoms with Crippen molar-refractivity contribution in [2.75, 3.05) is 0 Å². The first-order valence-corrected chi connectivity index (χ1v) is 4.35. The van der Waals surface area contributed by atoms with E-state index in [1.54, 1.807) is 6.07 Å². The molecule has 1 aromatic carbocycles. The molecule has 0 N–H and O–H groups in total. The molecule has 0 saturated heterocycles. The third kappa shape index (κ3) is 1.84. The number of nitriles is 2. The molecular weight excluding hydrogens is 206 g/mol. The molecule has 0 fully saturated rings. The molecule has 0 unspecified atom stereocenters. The van der Waals surface area contributed by atoms with E-state index in [1.165, 1.54) is 24.6 Å². The largest absolute Gasteiger partial charge is 0.417 e. The fourth-order valence-electron chi connectivity index (χ4n) is 1.13. The predicted molar refractivity (Wildman–Crippen MR) is 52.4 cm³/mol. The zero-order valence-corrected chi connectivity index (χ0v) is 8.04. The molecule has 0 saturated carbocycles. The van der Waals surface area contributed by atoms with Gasteiger partial charge in [0.05, 0.1) is 23.4 Å². The number of rotatable bonds is 2. The van der Waals surface area contributed by atoms with Gasteiger partial charge >= 0.3 is 6.08 Å². The first-order valence-electron chi connectivity index (χ1n) is 4.35. The number of ether oxygens (including phenoxy) is 1. The van der Waals surface area contributed by atoms with Gasteiger partial charge in [-0.3, -0.25) is 0 Å². The van der Waals surface area contributed by atoms with Gasteiger partial charge < -0.3 is 9.15 Å². The highest BCUT2D eigenvalue weighted by Crippen LogP contribution is 2.24. The summed E-state index contributed by atoms with van der Waals surface area (Å²) in [6.07, 6.45) is 2.86. The van der Waals surface area contributed by atoms with Crippen molar-refractivity contribution in [3.8, 4) is 24.0 Å². The summed E-state index contributed by atoms with van der Waals surface area (Å²) in [7, 11) is 0. The molecular formula is C11H5N3O2. The van der Waals surface area contributed by atoms with Crippen LogP contribution >= 0.6 is 0 Å². The van der Waals surface area contributed by atoms with Crippen molar-refractivity contribution in [3.63, 3.8) is 0 Å². The highest BCUT2D eigenvalue weighted by atomic mass is 16.6. The Morgan fingerprint density at radius 2 is 2.12 bits per heavy atom. The lowest BCUT2D eigenvalue weighted by Crippen LogP contribution is -1.89. The van der Waals surface area contributed by atoms with E-state index in [4.69, 9.17) is 19.7 Å². The van der Waals surface area contributed by atoms with Crippen LogP contribution in [0.5, 0.6) is 11.8 Å². The standard InChI is InChI=1S/C11H5N3O2/c12-6-8-1-2-10(9(5-8)7-13)16-11-14-3-4-15-11/h1-5H. The van der Waals surface area contributed by atoms with Crippen LogP contribution in [0.3, 0.4) is 0 Å². The molecule has 0 spiro atoms. The minimum Gasteiger partial charge on any atom is -0.417 e. The second-order valence-electron chi connectivity index (χ2n) is 2.83. The molecule has 2 aromatic rings. The molecule has 2 rings (SSSR count). The molecule has 0 aliphatic rings. The van der Waals surface area contributed by atoms with Gasteiger partial charge in [-0.1, -0.05) is 0 Å². The predicted octanol–water partition coefficient (Wildman–Crippen LogP) is 2.21. The summed E-state index contributed by atoms with van der Waals surface area (Å²) >= 11 is 0. The van der Waals surface area contributed by atoms with Crippen LogP contribution in [0, 0.1) is 22.7 Å². The molecule has 16 heavy (non-hydrogen) atoms. The molecule has 5 heteroatoms. The molecule has 0 bridgehead atoms. The van der Waals surface area contributed by atoms with Crippen LogP contribution in [-0.4, -0.2) is 4.98 Å². The average Bonchev–Trinajstić information content (AvgIpc) is 2.82. The Morgan fingerprint density at radius 3 is 2.75 bits per heavy atom. The number of oxazole rings is 1. The minimum absolute atomic E-state index is 0.0567. The first-order chi connectivity index (χ1) is 7.83. The van der Waals surface area contributed by atoms with Crippen LogP contribution in [0.2, 0.25) is 0 Å². The summed E-state index contributed by atoms with van der Waals surface area (Å²) in [4.78, 5) is 3.77. The van der Waals surface area contributed by atoms with Crippen molar-refractivity contribution < 1.29 is 9.15 Å². The molecule has 0 radical (unpaired) electrons. The molecule has 5 nitrogen and oxygen atoms in total. The topological polar surface area (TPSA) is 82.8 Å². The fraction of sp³-hybridized carbons (Fsp3) is 0. The maximum atomic E-state index is 8.88. The summed E-state index contributed by atoms with van der Waals surface area (Å²) in [6, 6.07) is 8.41. The van der Waals surface area contributed by atoms with E-state index in [0.29, 0.717) is 11.3 Å². The van der Waals surface area contributed by atoms with Gasteiger partial charge in [-0.25, -0.2) is 0 Å². The van der Waals surface area contributed by atoms with Gasteiger partial charge in [0.15, 0.2) is 5.75 Å². The van der Waals surface area contributed by atoms with Crippen LogP contribution in [0.4, 0.5) is 0 Å². The smallest absolute Gasteiger partial charge is 0.399 e. The number of benzene rings is 1. The number of nitrogens with zero attached hydrogens (tertiary/aromatic N) is 3. The van der Waals surface area contributed by atoms with Crippen molar-refractivity contribution in [1.29, 1.82) is 10.5 Å². The lowest BCUT2D eigenvalue weighted by Gasteiger charge is -2.02. The minimum atomic E-state index is 0.0567. The number of hydrogen-bond acceptors (Lipinski definition) is 5. The summed E-state index contributed by atoms with van der Waals surface area (Å²) in [5.41, 5.74) is 0.661. The van der Waals surface area contributed by atoms with E-state index in [9.17, 15) is 0 Å². The maximum Gasteiger partial charge on any atom is 0.399 e. The summed E-state index contributed by atoms with van der Waals surface area (Å²) < 4.78 is 10.1. The second kappa shape index (κ2) is 4.16. The monoisotopic (exact) mass is 211 g/mol.